The first-order valence-corrected chi connectivity index (χ1v) is 6.13. The molecule has 102 valence electrons. The lowest BCUT2D eigenvalue weighted by Crippen LogP contribution is -2.29. The lowest BCUT2D eigenvalue weighted by atomic mass is 10.1. The van der Waals surface area contributed by atoms with Crippen LogP contribution in [0.5, 0.6) is 5.75 Å². The van der Waals surface area contributed by atoms with Gasteiger partial charge in [0.05, 0.1) is 4.92 Å². The largest absolute Gasteiger partial charge is 0.508 e. The summed E-state index contributed by atoms with van der Waals surface area (Å²) < 4.78 is 0. The van der Waals surface area contributed by atoms with E-state index in [0.717, 1.165) is 18.6 Å². The molecular weight excluding hydrogens is 248 g/mol. The number of amides is 1. The van der Waals surface area contributed by atoms with Crippen LogP contribution < -0.4 is 0 Å². The molecule has 1 aromatic carbocycles. The molecule has 2 rings (SSSR count). The van der Waals surface area contributed by atoms with Crippen molar-refractivity contribution in [3.05, 3.63) is 33.9 Å². The van der Waals surface area contributed by atoms with Crippen molar-refractivity contribution in [3.63, 3.8) is 0 Å². The van der Waals surface area contributed by atoms with Crippen LogP contribution in [0, 0.1) is 22.0 Å². The molecule has 1 saturated carbocycles. The van der Waals surface area contributed by atoms with Crippen LogP contribution in [0.1, 0.15) is 23.7 Å². The number of carbonyl (C=O) groups is 1. The molecule has 1 aromatic rings. The lowest BCUT2D eigenvalue weighted by Gasteiger charge is -2.17. The minimum Gasteiger partial charge on any atom is -0.508 e. The molecule has 1 aliphatic carbocycles. The molecule has 19 heavy (non-hydrogen) atoms. The number of carbonyl (C=O) groups excluding carboxylic acids is 1. The summed E-state index contributed by atoms with van der Waals surface area (Å²) in [6, 6.07) is 3.50. The van der Waals surface area contributed by atoms with Crippen LogP contribution in [0.4, 0.5) is 5.69 Å². The molecule has 1 fully saturated rings. The quantitative estimate of drug-likeness (QED) is 0.666. The summed E-state index contributed by atoms with van der Waals surface area (Å²) in [6.07, 6.45) is 1.08. The highest BCUT2D eigenvalue weighted by atomic mass is 16.6. The molecule has 2 atom stereocenters. The van der Waals surface area contributed by atoms with E-state index in [0.29, 0.717) is 18.4 Å². The van der Waals surface area contributed by atoms with Crippen molar-refractivity contribution < 1.29 is 14.8 Å². The van der Waals surface area contributed by atoms with Crippen molar-refractivity contribution in [2.45, 2.75) is 13.3 Å². The van der Waals surface area contributed by atoms with Gasteiger partial charge in [0, 0.05) is 19.7 Å². The highest BCUT2D eigenvalue weighted by Gasteiger charge is 2.35. The van der Waals surface area contributed by atoms with Gasteiger partial charge in [-0.3, -0.25) is 14.9 Å². The number of nitro benzene ring substituents is 1. The van der Waals surface area contributed by atoms with E-state index in [1.807, 2.05) is 0 Å². The molecule has 1 aliphatic rings. The highest BCUT2D eigenvalue weighted by Crippen LogP contribution is 2.38. The van der Waals surface area contributed by atoms with Gasteiger partial charge in [-0.2, -0.15) is 0 Å². The lowest BCUT2D eigenvalue weighted by molar-refractivity contribution is -0.385. The molecule has 2 unspecified atom stereocenters. The van der Waals surface area contributed by atoms with Crippen molar-refractivity contribution >= 4 is 11.6 Å². The average molecular weight is 264 g/mol. The second-order valence-electron chi connectivity index (χ2n) is 5.12. The van der Waals surface area contributed by atoms with Gasteiger partial charge in [0.1, 0.15) is 11.3 Å². The Morgan fingerprint density at radius 2 is 2.21 bits per heavy atom. The fraction of sp³-hybridized carbons (Fsp3) is 0.462. The van der Waals surface area contributed by atoms with E-state index in [-0.39, 0.29) is 17.0 Å². The summed E-state index contributed by atoms with van der Waals surface area (Å²) in [5.41, 5.74) is -0.348. The standard InChI is InChI=1S/C13H16N2O4/c1-8-5-9(8)7-14(2)13(17)11-6-10(16)3-4-12(11)15(18)19/h3-4,6,8-9,16H,5,7H2,1-2H3. The van der Waals surface area contributed by atoms with Crippen molar-refractivity contribution in [1.29, 1.82) is 0 Å². The van der Waals surface area contributed by atoms with Crippen molar-refractivity contribution in [1.82, 2.24) is 4.90 Å². The summed E-state index contributed by atoms with van der Waals surface area (Å²) in [5, 5.41) is 20.3. The van der Waals surface area contributed by atoms with E-state index in [1.165, 1.54) is 11.0 Å². The van der Waals surface area contributed by atoms with Crippen LogP contribution in [0.3, 0.4) is 0 Å². The predicted molar refractivity (Wildman–Crippen MR) is 69.0 cm³/mol. The Morgan fingerprint density at radius 3 is 2.74 bits per heavy atom. The Bertz CT molecular complexity index is 529. The molecule has 0 radical (unpaired) electrons. The Morgan fingerprint density at radius 1 is 1.58 bits per heavy atom. The van der Waals surface area contributed by atoms with Gasteiger partial charge >= 0.3 is 0 Å². The summed E-state index contributed by atoms with van der Waals surface area (Å²) in [5.74, 6) is 0.503. The highest BCUT2D eigenvalue weighted by molar-refractivity contribution is 5.98. The van der Waals surface area contributed by atoms with Crippen LogP contribution in [0.25, 0.3) is 0 Å². The monoisotopic (exact) mass is 264 g/mol. The Hall–Kier alpha value is -2.11. The molecule has 1 N–H and O–H groups in total. The van der Waals surface area contributed by atoms with E-state index in [2.05, 4.69) is 6.92 Å². The SMILES string of the molecule is CC1CC1CN(C)C(=O)c1cc(O)ccc1[N+](=O)[O-]. The number of phenolic OH excluding ortho intramolecular Hbond substituents is 1. The smallest absolute Gasteiger partial charge is 0.282 e. The van der Waals surface area contributed by atoms with Crippen LogP contribution in [-0.4, -0.2) is 34.4 Å². The third-order valence-corrected chi connectivity index (χ3v) is 3.54. The van der Waals surface area contributed by atoms with Crippen LogP contribution in [-0.2, 0) is 0 Å². The first-order valence-electron chi connectivity index (χ1n) is 6.13. The average Bonchev–Trinajstić information content (AvgIpc) is 3.03. The zero-order chi connectivity index (χ0) is 14.2. The second kappa shape index (κ2) is 4.87. The molecule has 0 bridgehead atoms. The number of nitrogens with zero attached hydrogens (tertiary/aromatic N) is 2. The predicted octanol–water partition coefficient (Wildman–Crippen LogP) is 2.03. The number of hydrogen-bond acceptors (Lipinski definition) is 4. The third-order valence-electron chi connectivity index (χ3n) is 3.54. The fourth-order valence-electron chi connectivity index (χ4n) is 2.15. The number of nitro groups is 1. The maximum atomic E-state index is 12.2. The third kappa shape index (κ3) is 2.83. The minimum atomic E-state index is -0.611. The van der Waals surface area contributed by atoms with Crippen molar-refractivity contribution in [2.75, 3.05) is 13.6 Å². The topological polar surface area (TPSA) is 83.7 Å². The molecule has 1 amide bonds. The first kappa shape index (κ1) is 13.3. The Kier molecular flexibility index (Phi) is 3.42. The van der Waals surface area contributed by atoms with Gasteiger partial charge in [0.2, 0.25) is 0 Å². The van der Waals surface area contributed by atoms with Crippen LogP contribution >= 0.6 is 0 Å². The molecule has 0 heterocycles. The van der Waals surface area contributed by atoms with Gasteiger partial charge in [-0.25, -0.2) is 0 Å². The number of hydrogen-bond donors (Lipinski definition) is 1. The summed E-state index contributed by atoms with van der Waals surface area (Å²) >= 11 is 0. The molecule has 0 saturated heterocycles. The molecule has 0 spiro atoms. The summed E-state index contributed by atoms with van der Waals surface area (Å²) in [6.45, 7) is 2.70. The molecule has 0 aliphatic heterocycles. The zero-order valence-corrected chi connectivity index (χ0v) is 10.9. The van der Waals surface area contributed by atoms with Gasteiger partial charge in [0.15, 0.2) is 0 Å². The number of benzene rings is 1. The Labute approximate surface area is 110 Å². The molecule has 0 aromatic heterocycles. The van der Waals surface area contributed by atoms with Crippen LogP contribution in [0.15, 0.2) is 18.2 Å². The Balaban J connectivity index is 2.21. The van der Waals surface area contributed by atoms with E-state index < -0.39 is 10.8 Å². The van der Waals surface area contributed by atoms with Gasteiger partial charge < -0.3 is 10.0 Å². The number of aromatic hydroxyl groups is 1. The van der Waals surface area contributed by atoms with Crippen LogP contribution in [0.2, 0.25) is 0 Å². The van der Waals surface area contributed by atoms with Gasteiger partial charge in [-0.1, -0.05) is 6.92 Å². The molecule has 6 heteroatoms. The van der Waals surface area contributed by atoms with Crippen molar-refractivity contribution in [2.24, 2.45) is 11.8 Å². The number of phenols is 1. The van der Waals surface area contributed by atoms with E-state index >= 15 is 0 Å². The number of rotatable bonds is 4. The van der Waals surface area contributed by atoms with Gasteiger partial charge in [0.25, 0.3) is 11.6 Å². The first-order chi connectivity index (χ1) is 8.90. The maximum absolute atomic E-state index is 12.2. The zero-order valence-electron chi connectivity index (χ0n) is 10.9. The summed E-state index contributed by atoms with van der Waals surface area (Å²) in [7, 11) is 1.63. The van der Waals surface area contributed by atoms with E-state index in [1.54, 1.807) is 7.05 Å². The second-order valence-corrected chi connectivity index (χ2v) is 5.12. The van der Waals surface area contributed by atoms with Gasteiger partial charge in [-0.15, -0.1) is 0 Å². The summed E-state index contributed by atoms with van der Waals surface area (Å²) in [4.78, 5) is 24.0. The van der Waals surface area contributed by atoms with E-state index in [9.17, 15) is 20.0 Å². The maximum Gasteiger partial charge on any atom is 0.282 e. The fourth-order valence-corrected chi connectivity index (χ4v) is 2.15. The van der Waals surface area contributed by atoms with Crippen molar-refractivity contribution in [3.8, 4) is 5.75 Å². The molecular formula is C13H16N2O4. The van der Waals surface area contributed by atoms with E-state index in [4.69, 9.17) is 0 Å². The van der Waals surface area contributed by atoms with Gasteiger partial charge in [-0.05, 0) is 30.4 Å². The normalized spacial score (nSPS) is 20.9. The minimum absolute atomic E-state index is 0.0687. The molecule has 6 nitrogen and oxygen atoms in total.